The summed E-state index contributed by atoms with van der Waals surface area (Å²) in [4.78, 5) is 28.2. The van der Waals surface area contributed by atoms with E-state index in [9.17, 15) is 4.79 Å². The predicted octanol–water partition coefficient (Wildman–Crippen LogP) is 1.37. The maximum Gasteiger partial charge on any atom is 0.226 e. The van der Waals surface area contributed by atoms with Crippen molar-refractivity contribution in [1.82, 2.24) is 19.8 Å². The summed E-state index contributed by atoms with van der Waals surface area (Å²) in [6, 6.07) is 2.40. The van der Waals surface area contributed by atoms with E-state index in [2.05, 4.69) is 24.7 Å². The molecule has 3 fully saturated rings. The number of anilines is 2. The lowest BCUT2D eigenvalue weighted by atomic mass is 9.93. The van der Waals surface area contributed by atoms with Crippen molar-refractivity contribution in [3.8, 4) is 5.88 Å². The highest BCUT2D eigenvalue weighted by atomic mass is 16.5. The molecule has 28 heavy (non-hydrogen) atoms. The van der Waals surface area contributed by atoms with Gasteiger partial charge in [-0.3, -0.25) is 9.69 Å². The van der Waals surface area contributed by atoms with Gasteiger partial charge in [0.2, 0.25) is 17.7 Å². The molecule has 0 spiro atoms. The fourth-order valence-corrected chi connectivity index (χ4v) is 4.89. The number of ether oxygens (including phenoxy) is 1. The predicted molar refractivity (Wildman–Crippen MR) is 108 cm³/mol. The molecule has 0 radical (unpaired) electrons. The number of carbonyl (C=O) groups is 1. The fourth-order valence-electron chi connectivity index (χ4n) is 4.89. The maximum absolute atomic E-state index is 12.8. The monoisotopic (exact) mass is 388 g/mol. The van der Waals surface area contributed by atoms with Gasteiger partial charge < -0.3 is 20.3 Å². The summed E-state index contributed by atoms with van der Waals surface area (Å²) in [6.45, 7) is 5.83. The third kappa shape index (κ3) is 4.16. The summed E-state index contributed by atoms with van der Waals surface area (Å²) >= 11 is 0. The number of aromatic nitrogens is 2. The molecule has 0 bridgehead atoms. The van der Waals surface area contributed by atoms with E-state index >= 15 is 0 Å². The van der Waals surface area contributed by atoms with Crippen LogP contribution in [0.1, 0.15) is 38.5 Å². The van der Waals surface area contributed by atoms with Crippen LogP contribution in [0.15, 0.2) is 6.07 Å². The molecule has 3 aliphatic rings. The number of piperidine rings is 2. The number of amides is 1. The number of nitrogens with two attached hydrogens (primary N) is 1. The quantitative estimate of drug-likeness (QED) is 0.833. The first kappa shape index (κ1) is 19.2. The Hall–Kier alpha value is -2.09. The van der Waals surface area contributed by atoms with Crippen LogP contribution in [0.3, 0.4) is 0 Å². The highest BCUT2D eigenvalue weighted by Gasteiger charge is 2.34. The normalized spacial score (nSPS) is 24.5. The molecule has 1 aromatic heterocycles. The molecule has 4 heterocycles. The fraction of sp³-hybridized carbons (Fsp3) is 0.750. The lowest BCUT2D eigenvalue weighted by molar-refractivity contribution is -0.136. The van der Waals surface area contributed by atoms with Crippen LogP contribution in [-0.2, 0) is 4.79 Å². The Kier molecular flexibility index (Phi) is 5.85. The minimum absolute atomic E-state index is 0.191. The van der Waals surface area contributed by atoms with Crippen molar-refractivity contribution in [2.45, 2.75) is 44.6 Å². The molecule has 2 N–H and O–H groups in total. The van der Waals surface area contributed by atoms with Gasteiger partial charge in [0.25, 0.3) is 0 Å². The van der Waals surface area contributed by atoms with Crippen LogP contribution < -0.4 is 15.4 Å². The van der Waals surface area contributed by atoms with Crippen molar-refractivity contribution in [1.29, 1.82) is 0 Å². The second-order valence-corrected chi connectivity index (χ2v) is 8.21. The van der Waals surface area contributed by atoms with Gasteiger partial charge >= 0.3 is 0 Å². The van der Waals surface area contributed by atoms with Gasteiger partial charge in [-0.15, -0.1) is 0 Å². The van der Waals surface area contributed by atoms with Crippen molar-refractivity contribution in [3.05, 3.63) is 6.07 Å². The Balaban J connectivity index is 1.33. The maximum atomic E-state index is 12.8. The number of rotatable bonds is 4. The third-order valence-corrected chi connectivity index (χ3v) is 6.44. The van der Waals surface area contributed by atoms with Gasteiger partial charge in [0.1, 0.15) is 5.82 Å². The van der Waals surface area contributed by atoms with Crippen molar-refractivity contribution in [2.75, 3.05) is 57.0 Å². The average molecular weight is 389 g/mol. The molecular weight excluding hydrogens is 356 g/mol. The number of nitrogen functional groups attached to an aromatic ring is 1. The largest absolute Gasteiger partial charge is 0.481 e. The number of likely N-dealkylation sites (tertiary alicyclic amines) is 2. The topological polar surface area (TPSA) is 87.8 Å². The SMILES string of the molecule is COc1cc(N2CCC(N3CCCC(C(=O)N4CCCC4)C3)CC2)nc(N)n1. The second kappa shape index (κ2) is 8.51. The molecule has 1 unspecified atom stereocenters. The summed E-state index contributed by atoms with van der Waals surface area (Å²) in [6.07, 6.45) is 6.67. The molecule has 1 atom stereocenters. The molecule has 1 aromatic rings. The van der Waals surface area contributed by atoms with Crippen LogP contribution in [-0.4, -0.2) is 78.1 Å². The van der Waals surface area contributed by atoms with Crippen molar-refractivity contribution >= 4 is 17.7 Å². The summed E-state index contributed by atoms with van der Waals surface area (Å²) in [5, 5.41) is 0. The zero-order chi connectivity index (χ0) is 19.5. The standard InChI is InChI=1S/C20H32N6O2/c1-28-18-13-17(22-20(21)23-18)24-11-6-16(7-12-24)26-10-4-5-15(14-26)19(27)25-8-2-3-9-25/h13,15-16H,2-12,14H2,1H3,(H2,21,22,23). The summed E-state index contributed by atoms with van der Waals surface area (Å²) in [5.74, 6) is 2.17. The highest BCUT2D eigenvalue weighted by molar-refractivity contribution is 5.79. The Labute approximate surface area is 167 Å². The Bertz CT molecular complexity index is 685. The van der Waals surface area contributed by atoms with Gasteiger partial charge in [-0.25, -0.2) is 0 Å². The first-order valence-electron chi connectivity index (χ1n) is 10.6. The van der Waals surface area contributed by atoms with E-state index in [0.717, 1.165) is 70.8 Å². The van der Waals surface area contributed by atoms with Crippen LogP contribution in [0.5, 0.6) is 5.88 Å². The van der Waals surface area contributed by atoms with Crippen LogP contribution in [0.25, 0.3) is 0 Å². The Morgan fingerprint density at radius 1 is 1.07 bits per heavy atom. The van der Waals surface area contributed by atoms with Crippen LogP contribution in [0.2, 0.25) is 0 Å². The van der Waals surface area contributed by atoms with Gasteiger partial charge in [0, 0.05) is 44.8 Å². The Morgan fingerprint density at radius 2 is 1.82 bits per heavy atom. The first-order valence-corrected chi connectivity index (χ1v) is 10.6. The molecule has 8 nitrogen and oxygen atoms in total. The van der Waals surface area contributed by atoms with Gasteiger partial charge in [-0.2, -0.15) is 9.97 Å². The van der Waals surface area contributed by atoms with Gasteiger partial charge in [-0.05, 0) is 45.1 Å². The van der Waals surface area contributed by atoms with E-state index in [-0.39, 0.29) is 11.9 Å². The van der Waals surface area contributed by atoms with Crippen molar-refractivity contribution in [3.63, 3.8) is 0 Å². The van der Waals surface area contributed by atoms with E-state index in [4.69, 9.17) is 10.5 Å². The summed E-state index contributed by atoms with van der Waals surface area (Å²) in [5.41, 5.74) is 5.81. The number of nitrogens with zero attached hydrogens (tertiary/aromatic N) is 5. The lowest BCUT2D eigenvalue weighted by Crippen LogP contribution is -2.51. The third-order valence-electron chi connectivity index (χ3n) is 6.44. The molecule has 8 heteroatoms. The van der Waals surface area contributed by atoms with E-state index in [1.807, 2.05) is 6.07 Å². The van der Waals surface area contributed by atoms with Crippen LogP contribution in [0.4, 0.5) is 11.8 Å². The second-order valence-electron chi connectivity index (χ2n) is 8.21. The van der Waals surface area contributed by atoms with Crippen LogP contribution >= 0.6 is 0 Å². The minimum Gasteiger partial charge on any atom is -0.481 e. The van der Waals surface area contributed by atoms with E-state index in [1.54, 1.807) is 7.11 Å². The molecular formula is C20H32N6O2. The van der Waals surface area contributed by atoms with Gasteiger partial charge in [-0.1, -0.05) is 0 Å². The number of carbonyl (C=O) groups excluding carboxylic acids is 1. The number of hydrogen-bond acceptors (Lipinski definition) is 7. The lowest BCUT2D eigenvalue weighted by Gasteiger charge is -2.42. The van der Waals surface area contributed by atoms with Gasteiger partial charge in [0.05, 0.1) is 13.0 Å². The molecule has 0 aliphatic carbocycles. The summed E-state index contributed by atoms with van der Waals surface area (Å²) < 4.78 is 5.22. The minimum atomic E-state index is 0.191. The first-order chi connectivity index (χ1) is 13.6. The van der Waals surface area contributed by atoms with Crippen molar-refractivity contribution < 1.29 is 9.53 Å². The summed E-state index contributed by atoms with van der Waals surface area (Å²) in [7, 11) is 1.59. The Morgan fingerprint density at radius 3 is 2.54 bits per heavy atom. The molecule has 3 aliphatic heterocycles. The number of hydrogen-bond donors (Lipinski definition) is 1. The van der Waals surface area contributed by atoms with E-state index in [1.165, 1.54) is 12.8 Å². The molecule has 4 rings (SSSR count). The molecule has 3 saturated heterocycles. The average Bonchev–Trinajstić information content (AvgIpc) is 3.28. The smallest absolute Gasteiger partial charge is 0.226 e. The van der Waals surface area contributed by atoms with Crippen molar-refractivity contribution in [2.24, 2.45) is 5.92 Å². The van der Waals surface area contributed by atoms with Gasteiger partial charge in [0.15, 0.2) is 0 Å². The number of methoxy groups -OCH3 is 1. The molecule has 1 amide bonds. The molecule has 0 saturated carbocycles. The molecule has 154 valence electrons. The zero-order valence-electron chi connectivity index (χ0n) is 16.8. The zero-order valence-corrected chi connectivity index (χ0v) is 16.8. The highest BCUT2D eigenvalue weighted by Crippen LogP contribution is 2.28. The van der Waals surface area contributed by atoms with E-state index < -0.39 is 0 Å². The van der Waals surface area contributed by atoms with E-state index in [0.29, 0.717) is 17.8 Å². The van der Waals surface area contributed by atoms with Crippen LogP contribution in [0, 0.1) is 5.92 Å². The molecule has 0 aromatic carbocycles.